The molecule has 0 aromatic rings. The molecule has 88 valence electrons. The van der Waals surface area contributed by atoms with Crippen molar-refractivity contribution in [3.05, 3.63) is 0 Å². The third-order valence-electron chi connectivity index (χ3n) is 3.62. The van der Waals surface area contributed by atoms with E-state index in [2.05, 4.69) is 25.7 Å². The van der Waals surface area contributed by atoms with Crippen LogP contribution in [0.5, 0.6) is 0 Å². The summed E-state index contributed by atoms with van der Waals surface area (Å²) in [6.45, 7) is 8.99. The highest BCUT2D eigenvalue weighted by Gasteiger charge is 2.24. The molecule has 2 heteroatoms. The summed E-state index contributed by atoms with van der Waals surface area (Å²) in [5, 5.41) is 0. The van der Waals surface area contributed by atoms with Crippen molar-refractivity contribution in [1.82, 2.24) is 4.90 Å². The molecule has 2 atom stereocenters. The first-order chi connectivity index (χ1) is 7.17. The second kappa shape index (κ2) is 6.26. The molecule has 0 radical (unpaired) electrons. The minimum Gasteiger partial charge on any atom is -0.300 e. The van der Waals surface area contributed by atoms with Crippen LogP contribution in [0.1, 0.15) is 52.9 Å². The van der Waals surface area contributed by atoms with Crippen LogP contribution in [0.3, 0.4) is 0 Å². The van der Waals surface area contributed by atoms with Crippen molar-refractivity contribution >= 4 is 5.78 Å². The third kappa shape index (κ3) is 3.94. The Kier molecular flexibility index (Phi) is 5.30. The van der Waals surface area contributed by atoms with Gasteiger partial charge in [0.25, 0.3) is 0 Å². The normalized spacial score (nSPS) is 24.5. The number of carbonyl (C=O) groups is 1. The Morgan fingerprint density at radius 2 is 2.20 bits per heavy atom. The minimum atomic E-state index is 0.467. The van der Waals surface area contributed by atoms with Crippen molar-refractivity contribution in [2.75, 3.05) is 13.1 Å². The highest BCUT2D eigenvalue weighted by Crippen LogP contribution is 2.21. The van der Waals surface area contributed by atoms with Gasteiger partial charge in [0.2, 0.25) is 0 Å². The molecule has 0 heterocycles. The lowest BCUT2D eigenvalue weighted by molar-refractivity contribution is -0.122. The minimum absolute atomic E-state index is 0.467. The van der Waals surface area contributed by atoms with E-state index in [1.165, 1.54) is 12.8 Å². The number of ketones is 1. The molecule has 1 aliphatic carbocycles. The quantitative estimate of drug-likeness (QED) is 0.697. The molecule has 0 aromatic heterocycles. The van der Waals surface area contributed by atoms with Crippen LogP contribution < -0.4 is 0 Å². The first-order valence-electron chi connectivity index (χ1n) is 6.43. The van der Waals surface area contributed by atoms with Gasteiger partial charge in [0.05, 0.1) is 0 Å². The van der Waals surface area contributed by atoms with Crippen LogP contribution in [0.4, 0.5) is 0 Å². The first-order valence-corrected chi connectivity index (χ1v) is 6.43. The van der Waals surface area contributed by atoms with Crippen molar-refractivity contribution in [3.63, 3.8) is 0 Å². The van der Waals surface area contributed by atoms with E-state index in [0.29, 0.717) is 11.8 Å². The van der Waals surface area contributed by atoms with Gasteiger partial charge in [0.1, 0.15) is 5.78 Å². The first kappa shape index (κ1) is 12.7. The lowest BCUT2D eigenvalue weighted by atomic mass is 9.92. The maximum Gasteiger partial charge on any atom is 0.134 e. The average Bonchev–Trinajstić information content (AvgIpc) is 2.25. The molecule has 0 aromatic carbocycles. The molecule has 2 nitrogen and oxygen atoms in total. The topological polar surface area (TPSA) is 20.3 Å². The van der Waals surface area contributed by atoms with Gasteiger partial charge in [0.15, 0.2) is 0 Å². The van der Waals surface area contributed by atoms with Gasteiger partial charge in [-0.15, -0.1) is 0 Å². The van der Waals surface area contributed by atoms with E-state index in [0.717, 1.165) is 38.3 Å². The van der Waals surface area contributed by atoms with E-state index in [4.69, 9.17) is 0 Å². The predicted octanol–water partition coefficient (Wildman–Crippen LogP) is 2.87. The van der Waals surface area contributed by atoms with E-state index in [-0.39, 0.29) is 0 Å². The molecule has 1 rings (SSSR count). The summed E-state index contributed by atoms with van der Waals surface area (Å²) in [5.74, 6) is 1.22. The average molecular weight is 211 g/mol. The molecule has 1 saturated carbocycles. The number of carbonyl (C=O) groups excluding carboxylic acids is 1. The molecule has 0 spiro atoms. The number of Topliss-reactive ketones (excluding diaryl/α,β-unsaturated/α-hetero) is 1. The highest BCUT2D eigenvalue weighted by atomic mass is 16.1. The van der Waals surface area contributed by atoms with Crippen LogP contribution in [-0.4, -0.2) is 29.8 Å². The zero-order valence-electron chi connectivity index (χ0n) is 10.5. The fourth-order valence-electron chi connectivity index (χ4n) is 2.38. The van der Waals surface area contributed by atoms with Crippen LogP contribution >= 0.6 is 0 Å². The van der Waals surface area contributed by atoms with Gasteiger partial charge in [-0.3, -0.25) is 9.69 Å². The lowest BCUT2D eigenvalue weighted by Crippen LogP contribution is -2.41. The molecule has 15 heavy (non-hydrogen) atoms. The number of rotatable bonds is 5. The van der Waals surface area contributed by atoms with E-state index >= 15 is 0 Å². The van der Waals surface area contributed by atoms with Crippen molar-refractivity contribution in [1.29, 1.82) is 0 Å². The van der Waals surface area contributed by atoms with Crippen molar-refractivity contribution in [2.24, 2.45) is 5.92 Å². The molecular formula is C13H25NO. The van der Waals surface area contributed by atoms with Gasteiger partial charge in [-0.2, -0.15) is 0 Å². The molecule has 0 bridgehead atoms. The molecule has 1 aliphatic rings. The maximum atomic E-state index is 11.4. The van der Waals surface area contributed by atoms with Gasteiger partial charge in [-0.05, 0) is 25.3 Å². The Morgan fingerprint density at radius 3 is 2.73 bits per heavy atom. The predicted molar refractivity (Wildman–Crippen MR) is 64.0 cm³/mol. The smallest absolute Gasteiger partial charge is 0.134 e. The largest absolute Gasteiger partial charge is 0.300 e. The Labute approximate surface area is 94.0 Å². The standard InChI is InChI=1S/C13H25NO/c1-4-11(3)10-14(5-2)12-7-6-8-13(15)9-12/h11-12H,4-10H2,1-3H3. The molecule has 0 amide bonds. The Balaban J connectivity index is 2.45. The van der Waals surface area contributed by atoms with Gasteiger partial charge in [0, 0.05) is 25.4 Å². The SMILES string of the molecule is CCC(C)CN(CC)C1CCCC(=O)C1. The zero-order chi connectivity index (χ0) is 11.3. The van der Waals surface area contributed by atoms with Crippen LogP contribution in [0.25, 0.3) is 0 Å². The summed E-state index contributed by atoms with van der Waals surface area (Å²) in [4.78, 5) is 13.9. The van der Waals surface area contributed by atoms with E-state index in [1.54, 1.807) is 0 Å². The fraction of sp³-hybridized carbons (Fsp3) is 0.923. The van der Waals surface area contributed by atoms with Crippen LogP contribution in [-0.2, 0) is 4.79 Å². The summed E-state index contributed by atoms with van der Waals surface area (Å²) in [6, 6.07) is 0.533. The second-order valence-electron chi connectivity index (χ2n) is 4.89. The second-order valence-corrected chi connectivity index (χ2v) is 4.89. The Bertz CT molecular complexity index is 203. The molecular weight excluding hydrogens is 186 g/mol. The number of hydrogen-bond acceptors (Lipinski definition) is 2. The Hall–Kier alpha value is -0.370. The number of nitrogens with zero attached hydrogens (tertiary/aromatic N) is 1. The summed E-state index contributed by atoms with van der Waals surface area (Å²) < 4.78 is 0. The Morgan fingerprint density at radius 1 is 1.47 bits per heavy atom. The third-order valence-corrected chi connectivity index (χ3v) is 3.62. The van der Waals surface area contributed by atoms with Crippen molar-refractivity contribution < 1.29 is 4.79 Å². The lowest BCUT2D eigenvalue weighted by Gasteiger charge is -2.34. The summed E-state index contributed by atoms with van der Waals surface area (Å²) in [6.07, 6.45) is 5.16. The highest BCUT2D eigenvalue weighted by molar-refractivity contribution is 5.79. The number of hydrogen-bond donors (Lipinski definition) is 0. The van der Waals surface area contributed by atoms with Crippen LogP contribution in [0.2, 0.25) is 0 Å². The molecule has 0 saturated heterocycles. The zero-order valence-corrected chi connectivity index (χ0v) is 10.5. The van der Waals surface area contributed by atoms with Crippen LogP contribution in [0, 0.1) is 5.92 Å². The van der Waals surface area contributed by atoms with Gasteiger partial charge < -0.3 is 0 Å². The van der Waals surface area contributed by atoms with E-state index in [1.807, 2.05) is 0 Å². The van der Waals surface area contributed by atoms with Crippen molar-refractivity contribution in [2.45, 2.75) is 58.9 Å². The summed E-state index contributed by atoms with van der Waals surface area (Å²) in [5.41, 5.74) is 0. The maximum absolute atomic E-state index is 11.4. The molecule has 0 aliphatic heterocycles. The van der Waals surface area contributed by atoms with E-state index in [9.17, 15) is 4.79 Å². The summed E-state index contributed by atoms with van der Waals surface area (Å²) in [7, 11) is 0. The molecule has 0 N–H and O–H groups in total. The van der Waals surface area contributed by atoms with Gasteiger partial charge in [-0.1, -0.05) is 27.2 Å². The monoisotopic (exact) mass is 211 g/mol. The van der Waals surface area contributed by atoms with Crippen molar-refractivity contribution in [3.8, 4) is 0 Å². The molecule has 1 fully saturated rings. The summed E-state index contributed by atoms with van der Waals surface area (Å²) >= 11 is 0. The fourth-order valence-corrected chi connectivity index (χ4v) is 2.38. The van der Waals surface area contributed by atoms with Crippen LogP contribution in [0.15, 0.2) is 0 Å². The van der Waals surface area contributed by atoms with E-state index < -0.39 is 0 Å². The molecule has 2 unspecified atom stereocenters. The van der Waals surface area contributed by atoms with Gasteiger partial charge >= 0.3 is 0 Å². The van der Waals surface area contributed by atoms with Gasteiger partial charge in [-0.25, -0.2) is 0 Å².